The number of nitrogens with zero attached hydrogens (tertiary/aromatic N) is 2. The van der Waals surface area contributed by atoms with E-state index in [2.05, 4.69) is 0 Å². The maximum atomic E-state index is 15.2. The highest BCUT2D eigenvalue weighted by Gasteiger charge is 2.44. The van der Waals surface area contributed by atoms with Crippen molar-refractivity contribution in [2.75, 3.05) is 13.1 Å². The van der Waals surface area contributed by atoms with Gasteiger partial charge in [-0.05, 0) is 55.5 Å². The van der Waals surface area contributed by atoms with Gasteiger partial charge in [-0.2, -0.15) is 0 Å². The van der Waals surface area contributed by atoms with Gasteiger partial charge in [0.1, 0.15) is 0 Å². The monoisotopic (exact) mass is 516 g/mol. The minimum Gasteiger partial charge on any atom is -0.296 e. The van der Waals surface area contributed by atoms with Crippen LogP contribution in [0.4, 0.5) is 0 Å². The SMILES string of the molecule is CCN(C(C)N(CC)P(=O)(c1ccccc1)c1ccccc1)P(=O)(c1ccccc1)c1ccccc1. The van der Waals surface area contributed by atoms with Crippen molar-refractivity contribution in [3.8, 4) is 0 Å². The smallest absolute Gasteiger partial charge is 0.208 e. The van der Waals surface area contributed by atoms with E-state index in [-0.39, 0.29) is 6.17 Å². The van der Waals surface area contributed by atoms with E-state index in [1.54, 1.807) is 0 Å². The molecule has 36 heavy (non-hydrogen) atoms. The van der Waals surface area contributed by atoms with Crippen LogP contribution in [-0.4, -0.2) is 28.6 Å². The molecule has 4 aromatic carbocycles. The lowest BCUT2D eigenvalue weighted by Crippen LogP contribution is -2.49. The summed E-state index contributed by atoms with van der Waals surface area (Å²) in [5.74, 6) is 0. The molecular weight excluding hydrogens is 482 g/mol. The second-order valence-corrected chi connectivity index (χ2v) is 14.0. The molecular formula is C30H34N2O2P2. The molecule has 4 aromatic rings. The van der Waals surface area contributed by atoms with Crippen LogP contribution in [0.3, 0.4) is 0 Å². The molecule has 0 aliphatic rings. The topological polar surface area (TPSA) is 40.6 Å². The average Bonchev–Trinajstić information content (AvgIpc) is 2.95. The highest BCUT2D eigenvalue weighted by atomic mass is 31.2. The van der Waals surface area contributed by atoms with Crippen molar-refractivity contribution in [3.05, 3.63) is 121 Å². The molecule has 0 saturated carbocycles. The summed E-state index contributed by atoms with van der Waals surface area (Å²) in [5.41, 5.74) is 0. The molecule has 0 radical (unpaired) electrons. The average molecular weight is 517 g/mol. The maximum Gasteiger partial charge on any atom is 0.208 e. The van der Waals surface area contributed by atoms with E-state index in [1.165, 1.54) is 0 Å². The van der Waals surface area contributed by atoms with Crippen molar-refractivity contribution in [3.63, 3.8) is 0 Å². The van der Waals surface area contributed by atoms with Gasteiger partial charge in [-0.1, -0.05) is 86.6 Å². The van der Waals surface area contributed by atoms with E-state index in [0.717, 1.165) is 21.2 Å². The standard InChI is InChI=1S/C30H34N2O2P2/c1-4-31(35(33,27-18-10-6-11-19-27)28-20-12-7-13-21-28)26(3)32(5-2)36(34,29-22-14-8-15-23-29)30-24-16-9-17-25-30/h6-26H,4-5H2,1-3H3. The zero-order chi connectivity index (χ0) is 25.6. The van der Waals surface area contributed by atoms with E-state index in [0.29, 0.717) is 13.1 Å². The number of benzene rings is 4. The lowest BCUT2D eigenvalue weighted by Gasteiger charge is -2.44. The molecule has 0 spiro atoms. The van der Waals surface area contributed by atoms with E-state index in [9.17, 15) is 0 Å². The summed E-state index contributed by atoms with van der Waals surface area (Å²) >= 11 is 0. The Kier molecular flexibility index (Phi) is 8.44. The molecule has 0 atom stereocenters. The van der Waals surface area contributed by atoms with Gasteiger partial charge in [0, 0.05) is 34.3 Å². The van der Waals surface area contributed by atoms with Crippen molar-refractivity contribution < 1.29 is 9.13 Å². The molecule has 0 heterocycles. The van der Waals surface area contributed by atoms with Crippen LogP contribution < -0.4 is 21.2 Å². The fourth-order valence-corrected chi connectivity index (χ4v) is 11.1. The van der Waals surface area contributed by atoms with Gasteiger partial charge in [-0.3, -0.25) is 9.13 Å². The second kappa shape index (κ2) is 11.5. The Morgan fingerprint density at radius 1 is 0.500 bits per heavy atom. The fraction of sp³-hybridized carbons (Fsp3) is 0.200. The Morgan fingerprint density at radius 2 is 0.722 bits per heavy atom. The van der Waals surface area contributed by atoms with E-state index < -0.39 is 14.6 Å². The van der Waals surface area contributed by atoms with Crippen LogP contribution in [0.2, 0.25) is 0 Å². The van der Waals surface area contributed by atoms with Gasteiger partial charge in [0.05, 0.1) is 6.17 Å². The number of hydrogen-bond acceptors (Lipinski definition) is 2. The fourth-order valence-electron chi connectivity index (χ4n) is 4.96. The third-order valence-electron chi connectivity index (χ3n) is 6.66. The molecule has 4 rings (SSSR count). The normalized spacial score (nSPS) is 12.4. The molecule has 186 valence electrons. The molecule has 0 aliphatic carbocycles. The first-order valence-electron chi connectivity index (χ1n) is 12.4. The lowest BCUT2D eigenvalue weighted by molar-refractivity contribution is 0.210. The minimum absolute atomic E-state index is 0.377. The molecule has 0 aromatic heterocycles. The Labute approximate surface area is 215 Å². The molecule has 0 amide bonds. The largest absolute Gasteiger partial charge is 0.296 e. The summed E-state index contributed by atoms with van der Waals surface area (Å²) in [5, 5.41) is 3.09. The lowest BCUT2D eigenvalue weighted by atomic mass is 10.4. The molecule has 0 N–H and O–H groups in total. The highest BCUT2D eigenvalue weighted by molar-refractivity contribution is 7.77. The van der Waals surface area contributed by atoms with E-state index in [1.807, 2.05) is 151 Å². The zero-order valence-corrected chi connectivity index (χ0v) is 22.9. The Hall–Kier alpha value is -2.74. The predicted octanol–water partition coefficient (Wildman–Crippen LogP) is 5.83. The van der Waals surface area contributed by atoms with Gasteiger partial charge in [0.2, 0.25) is 14.6 Å². The zero-order valence-electron chi connectivity index (χ0n) is 21.1. The van der Waals surface area contributed by atoms with Crippen LogP contribution in [0.25, 0.3) is 0 Å². The Balaban J connectivity index is 1.90. The summed E-state index contributed by atoms with van der Waals surface area (Å²) < 4.78 is 34.5. The predicted molar refractivity (Wildman–Crippen MR) is 154 cm³/mol. The van der Waals surface area contributed by atoms with Gasteiger partial charge >= 0.3 is 0 Å². The summed E-state index contributed by atoms with van der Waals surface area (Å²) in [6, 6.07) is 38.7. The third kappa shape index (κ3) is 4.80. The molecule has 4 nitrogen and oxygen atoms in total. The van der Waals surface area contributed by atoms with Crippen LogP contribution >= 0.6 is 14.6 Å². The van der Waals surface area contributed by atoms with Gasteiger partial charge in [-0.15, -0.1) is 0 Å². The van der Waals surface area contributed by atoms with Gasteiger partial charge in [0.15, 0.2) is 0 Å². The van der Waals surface area contributed by atoms with E-state index >= 15 is 9.13 Å². The first-order chi connectivity index (χ1) is 17.5. The highest BCUT2D eigenvalue weighted by Crippen LogP contribution is 2.54. The van der Waals surface area contributed by atoms with Crippen molar-refractivity contribution in [1.82, 2.24) is 9.34 Å². The summed E-state index contributed by atoms with van der Waals surface area (Å²) in [6.07, 6.45) is -0.377. The summed E-state index contributed by atoms with van der Waals surface area (Å²) in [7, 11) is -6.48. The Morgan fingerprint density at radius 3 is 0.917 bits per heavy atom. The summed E-state index contributed by atoms with van der Waals surface area (Å²) in [4.78, 5) is 0. The molecule has 0 saturated heterocycles. The molecule has 0 bridgehead atoms. The molecule has 0 unspecified atom stereocenters. The van der Waals surface area contributed by atoms with Gasteiger partial charge < -0.3 is 0 Å². The summed E-state index contributed by atoms with van der Waals surface area (Å²) in [6.45, 7) is 7.15. The van der Waals surface area contributed by atoms with Crippen molar-refractivity contribution in [2.24, 2.45) is 0 Å². The quantitative estimate of drug-likeness (QED) is 0.196. The first-order valence-corrected chi connectivity index (χ1v) is 15.8. The minimum atomic E-state index is -3.24. The molecule has 0 aliphatic heterocycles. The van der Waals surface area contributed by atoms with Gasteiger partial charge in [-0.25, -0.2) is 9.34 Å². The second-order valence-electron chi connectivity index (χ2n) is 8.64. The molecule has 6 heteroatoms. The number of rotatable bonds is 10. The van der Waals surface area contributed by atoms with E-state index in [4.69, 9.17) is 0 Å². The van der Waals surface area contributed by atoms with Crippen molar-refractivity contribution >= 4 is 35.8 Å². The Bertz CT molecular complexity index is 1140. The number of hydrogen-bond donors (Lipinski definition) is 0. The van der Waals surface area contributed by atoms with Crippen LogP contribution in [0.5, 0.6) is 0 Å². The van der Waals surface area contributed by atoms with Gasteiger partial charge in [0.25, 0.3) is 0 Å². The van der Waals surface area contributed by atoms with Crippen LogP contribution in [0.15, 0.2) is 121 Å². The third-order valence-corrected chi connectivity index (χ3v) is 13.3. The maximum absolute atomic E-state index is 15.2. The van der Waals surface area contributed by atoms with Crippen LogP contribution in [0.1, 0.15) is 20.8 Å². The first kappa shape index (κ1) is 26.3. The van der Waals surface area contributed by atoms with Crippen LogP contribution in [-0.2, 0) is 9.13 Å². The molecule has 0 fully saturated rings. The van der Waals surface area contributed by atoms with Crippen LogP contribution in [0, 0.1) is 0 Å². The van der Waals surface area contributed by atoms with Crippen molar-refractivity contribution in [2.45, 2.75) is 26.9 Å². The van der Waals surface area contributed by atoms with Crippen molar-refractivity contribution in [1.29, 1.82) is 0 Å².